The van der Waals surface area contributed by atoms with Crippen molar-refractivity contribution in [1.29, 1.82) is 0 Å². The second-order valence-electron chi connectivity index (χ2n) is 6.43. The molecule has 0 aliphatic carbocycles. The van der Waals surface area contributed by atoms with Crippen LogP contribution < -0.4 is 9.47 Å². The summed E-state index contributed by atoms with van der Waals surface area (Å²) >= 11 is 0. The van der Waals surface area contributed by atoms with Crippen molar-refractivity contribution in [2.45, 2.75) is 13.3 Å². The second-order valence-corrected chi connectivity index (χ2v) is 6.43. The molecule has 0 spiro atoms. The van der Waals surface area contributed by atoms with Crippen molar-refractivity contribution in [3.63, 3.8) is 0 Å². The van der Waals surface area contributed by atoms with Crippen LogP contribution in [0.2, 0.25) is 0 Å². The Labute approximate surface area is 153 Å². The topological polar surface area (TPSA) is 31.4 Å². The van der Waals surface area contributed by atoms with Gasteiger partial charge in [-0.1, -0.05) is 42.5 Å². The fraction of sp³-hybridized carbons (Fsp3) is 0.174. The minimum absolute atomic E-state index is 0.744. The molecule has 0 atom stereocenters. The summed E-state index contributed by atoms with van der Waals surface area (Å²) in [6.07, 6.45) is 2.69. The summed E-state index contributed by atoms with van der Waals surface area (Å²) in [5.74, 6) is 1.82. The zero-order valence-corrected chi connectivity index (χ0v) is 15.2. The van der Waals surface area contributed by atoms with Gasteiger partial charge in [-0.3, -0.25) is 4.98 Å². The standard InChI is InChI=1S/C23H21NO2/c1-15-20(13-16-12-17-8-4-7-11-21(17)24-14-16)23(26-3)19-10-6-5-9-18(19)22(15)25-2/h4-12,14H,13H2,1-3H3. The minimum Gasteiger partial charge on any atom is -0.496 e. The smallest absolute Gasteiger partial charge is 0.130 e. The van der Waals surface area contributed by atoms with Gasteiger partial charge in [-0.2, -0.15) is 0 Å². The van der Waals surface area contributed by atoms with Crippen molar-refractivity contribution in [2.24, 2.45) is 0 Å². The number of aromatic nitrogens is 1. The number of nitrogens with zero attached hydrogens (tertiary/aromatic N) is 1. The predicted octanol–water partition coefficient (Wildman–Crippen LogP) is 5.30. The molecule has 1 aromatic heterocycles. The van der Waals surface area contributed by atoms with Crippen molar-refractivity contribution in [3.8, 4) is 11.5 Å². The van der Waals surface area contributed by atoms with Crippen LogP contribution in [0, 0.1) is 6.92 Å². The Morgan fingerprint density at radius 3 is 2.23 bits per heavy atom. The molecule has 0 aliphatic rings. The first-order valence-corrected chi connectivity index (χ1v) is 8.68. The Morgan fingerprint density at radius 2 is 1.50 bits per heavy atom. The van der Waals surface area contributed by atoms with E-state index in [-0.39, 0.29) is 0 Å². The van der Waals surface area contributed by atoms with Gasteiger partial charge >= 0.3 is 0 Å². The van der Waals surface area contributed by atoms with Gasteiger partial charge in [0.25, 0.3) is 0 Å². The molecule has 0 N–H and O–H groups in total. The molecule has 4 rings (SSSR count). The van der Waals surface area contributed by atoms with E-state index in [2.05, 4.69) is 36.2 Å². The number of methoxy groups -OCH3 is 2. The quantitative estimate of drug-likeness (QED) is 0.503. The van der Waals surface area contributed by atoms with Crippen LogP contribution in [0.4, 0.5) is 0 Å². The van der Waals surface area contributed by atoms with Gasteiger partial charge < -0.3 is 9.47 Å². The zero-order chi connectivity index (χ0) is 18.1. The van der Waals surface area contributed by atoms with Crippen LogP contribution in [0.5, 0.6) is 11.5 Å². The SMILES string of the molecule is COc1c(C)c(Cc2cnc3ccccc3c2)c(OC)c2ccccc12. The van der Waals surface area contributed by atoms with E-state index >= 15 is 0 Å². The van der Waals surface area contributed by atoms with Crippen molar-refractivity contribution in [2.75, 3.05) is 14.2 Å². The van der Waals surface area contributed by atoms with Crippen LogP contribution in [0.1, 0.15) is 16.7 Å². The van der Waals surface area contributed by atoms with Crippen LogP contribution >= 0.6 is 0 Å². The highest BCUT2D eigenvalue weighted by atomic mass is 16.5. The monoisotopic (exact) mass is 343 g/mol. The summed E-state index contributed by atoms with van der Waals surface area (Å²) in [6.45, 7) is 2.09. The van der Waals surface area contributed by atoms with Crippen LogP contribution in [0.15, 0.2) is 60.8 Å². The van der Waals surface area contributed by atoms with E-state index in [1.165, 1.54) is 0 Å². The molecule has 3 nitrogen and oxygen atoms in total. The van der Waals surface area contributed by atoms with Gasteiger partial charge in [0.15, 0.2) is 0 Å². The third kappa shape index (κ3) is 2.66. The number of pyridine rings is 1. The Kier molecular flexibility index (Phi) is 4.21. The van der Waals surface area contributed by atoms with E-state index in [4.69, 9.17) is 9.47 Å². The Hall–Kier alpha value is -3.07. The first kappa shape index (κ1) is 16.4. The third-order valence-corrected chi connectivity index (χ3v) is 4.92. The lowest BCUT2D eigenvalue weighted by Crippen LogP contribution is -2.02. The number of hydrogen-bond acceptors (Lipinski definition) is 3. The van der Waals surface area contributed by atoms with Crippen LogP contribution in [0.25, 0.3) is 21.7 Å². The van der Waals surface area contributed by atoms with Gasteiger partial charge in [-0.15, -0.1) is 0 Å². The molecule has 0 saturated carbocycles. The lowest BCUT2D eigenvalue weighted by Gasteiger charge is -2.19. The summed E-state index contributed by atoms with van der Waals surface area (Å²) in [4.78, 5) is 4.60. The van der Waals surface area contributed by atoms with E-state index < -0.39 is 0 Å². The molecule has 130 valence electrons. The Morgan fingerprint density at radius 1 is 0.846 bits per heavy atom. The molecule has 0 radical (unpaired) electrons. The van der Waals surface area contributed by atoms with Gasteiger partial charge in [0.05, 0.1) is 19.7 Å². The predicted molar refractivity (Wildman–Crippen MR) is 106 cm³/mol. The minimum atomic E-state index is 0.744. The maximum absolute atomic E-state index is 5.82. The van der Waals surface area contributed by atoms with E-state index in [0.29, 0.717) is 0 Å². The average Bonchev–Trinajstić information content (AvgIpc) is 2.68. The fourth-order valence-electron chi connectivity index (χ4n) is 3.68. The molecule has 0 fully saturated rings. The molecular formula is C23H21NO2. The maximum atomic E-state index is 5.82. The summed E-state index contributed by atoms with van der Waals surface area (Å²) in [7, 11) is 3.46. The molecule has 4 aromatic rings. The van der Waals surface area contributed by atoms with Gasteiger partial charge in [0.1, 0.15) is 11.5 Å². The number of benzene rings is 3. The first-order valence-electron chi connectivity index (χ1n) is 8.68. The molecule has 3 heteroatoms. The normalized spacial score (nSPS) is 11.0. The molecule has 1 heterocycles. The molecule has 3 aromatic carbocycles. The molecule has 0 bridgehead atoms. The number of para-hydroxylation sites is 1. The number of rotatable bonds is 4. The van der Waals surface area contributed by atoms with Crippen molar-refractivity contribution in [3.05, 3.63) is 77.5 Å². The third-order valence-electron chi connectivity index (χ3n) is 4.92. The summed E-state index contributed by atoms with van der Waals surface area (Å²) in [5, 5.41) is 3.29. The highest BCUT2D eigenvalue weighted by molar-refractivity contribution is 5.96. The van der Waals surface area contributed by atoms with E-state index in [9.17, 15) is 0 Å². The van der Waals surface area contributed by atoms with Gasteiger partial charge in [0.2, 0.25) is 0 Å². The van der Waals surface area contributed by atoms with Crippen molar-refractivity contribution >= 4 is 21.7 Å². The highest BCUT2D eigenvalue weighted by Gasteiger charge is 2.18. The average molecular weight is 343 g/mol. The van der Waals surface area contributed by atoms with Crippen molar-refractivity contribution in [1.82, 2.24) is 4.98 Å². The molecule has 0 saturated heterocycles. The van der Waals surface area contributed by atoms with Crippen LogP contribution in [0.3, 0.4) is 0 Å². The van der Waals surface area contributed by atoms with Gasteiger partial charge in [-0.05, 0) is 30.2 Å². The van der Waals surface area contributed by atoms with Gasteiger partial charge in [0, 0.05) is 34.3 Å². The number of ether oxygens (including phenoxy) is 2. The lowest BCUT2D eigenvalue weighted by atomic mass is 9.94. The maximum Gasteiger partial charge on any atom is 0.130 e. The second kappa shape index (κ2) is 6.68. The van der Waals surface area contributed by atoms with Crippen molar-refractivity contribution < 1.29 is 9.47 Å². The highest BCUT2D eigenvalue weighted by Crippen LogP contribution is 2.41. The Bertz CT molecular complexity index is 1100. The van der Waals surface area contributed by atoms with E-state index in [1.807, 2.05) is 36.5 Å². The van der Waals surface area contributed by atoms with Crippen LogP contribution in [-0.4, -0.2) is 19.2 Å². The summed E-state index contributed by atoms with van der Waals surface area (Å²) in [5.41, 5.74) is 4.41. The zero-order valence-electron chi connectivity index (χ0n) is 15.2. The summed E-state index contributed by atoms with van der Waals surface area (Å²) in [6, 6.07) is 18.6. The van der Waals surface area contributed by atoms with Crippen LogP contribution in [-0.2, 0) is 6.42 Å². The molecule has 0 unspecified atom stereocenters. The largest absolute Gasteiger partial charge is 0.496 e. The molecule has 26 heavy (non-hydrogen) atoms. The summed E-state index contributed by atoms with van der Waals surface area (Å²) < 4.78 is 11.6. The molecule has 0 aliphatic heterocycles. The number of hydrogen-bond donors (Lipinski definition) is 0. The van der Waals surface area contributed by atoms with E-state index in [1.54, 1.807) is 14.2 Å². The number of fused-ring (bicyclic) bond motifs is 2. The lowest BCUT2D eigenvalue weighted by molar-refractivity contribution is 0.404. The van der Waals surface area contributed by atoms with Gasteiger partial charge in [-0.25, -0.2) is 0 Å². The molecular weight excluding hydrogens is 322 g/mol. The molecule has 0 amide bonds. The Balaban J connectivity index is 1.90. The fourth-order valence-corrected chi connectivity index (χ4v) is 3.68. The van der Waals surface area contributed by atoms with E-state index in [0.717, 1.165) is 56.3 Å². The first-order chi connectivity index (χ1) is 12.7.